The van der Waals surface area contributed by atoms with E-state index in [2.05, 4.69) is 51.9 Å². The van der Waals surface area contributed by atoms with Crippen molar-refractivity contribution in [3.05, 3.63) is 125 Å². The Kier molecular flexibility index (Phi) is 7.23. The number of nitrogens with zero attached hydrogens (tertiary/aromatic N) is 2. The van der Waals surface area contributed by atoms with Gasteiger partial charge in [-0.2, -0.15) is 5.10 Å². The highest BCUT2D eigenvalue weighted by atomic mass is 19.1. The van der Waals surface area contributed by atoms with Crippen LogP contribution in [0.4, 0.5) is 14.5 Å². The summed E-state index contributed by atoms with van der Waals surface area (Å²) in [5.74, 6) is -0.514. The van der Waals surface area contributed by atoms with Gasteiger partial charge < -0.3 is 0 Å². The van der Waals surface area contributed by atoms with Gasteiger partial charge in [0, 0.05) is 5.71 Å². The molecule has 34 heavy (non-hydrogen) atoms. The maximum atomic E-state index is 13.0. The molecule has 5 heteroatoms. The first-order chi connectivity index (χ1) is 16.5. The Morgan fingerprint density at radius 3 is 1.62 bits per heavy atom. The summed E-state index contributed by atoms with van der Waals surface area (Å²) in [4.78, 5) is 4.63. The van der Waals surface area contributed by atoms with E-state index in [-0.39, 0.29) is 11.6 Å². The van der Waals surface area contributed by atoms with Gasteiger partial charge in [-0.05, 0) is 78.1 Å². The van der Waals surface area contributed by atoms with Crippen molar-refractivity contribution in [2.24, 2.45) is 10.1 Å². The van der Waals surface area contributed by atoms with Crippen LogP contribution in [0, 0.1) is 11.6 Å². The third kappa shape index (κ3) is 6.01. The second-order valence-corrected chi connectivity index (χ2v) is 8.00. The summed E-state index contributed by atoms with van der Waals surface area (Å²) in [5.41, 5.74) is 10.7. The Morgan fingerprint density at radius 2 is 1.09 bits per heavy atom. The van der Waals surface area contributed by atoms with Gasteiger partial charge >= 0.3 is 0 Å². The topological polar surface area (TPSA) is 36.8 Å². The number of aliphatic imine (C=N–C) groups is 1. The molecule has 0 aliphatic rings. The molecule has 1 N–H and O–H groups in total. The highest BCUT2D eigenvalue weighted by Gasteiger charge is 2.03. The highest BCUT2D eigenvalue weighted by Crippen LogP contribution is 2.21. The lowest BCUT2D eigenvalue weighted by molar-refractivity contribution is 0.627. The molecule has 0 unspecified atom stereocenters. The van der Waals surface area contributed by atoms with Crippen LogP contribution in [-0.4, -0.2) is 11.4 Å². The minimum Gasteiger partial charge on any atom is -0.285 e. The van der Waals surface area contributed by atoms with E-state index >= 15 is 0 Å². The van der Waals surface area contributed by atoms with E-state index < -0.39 is 0 Å². The Balaban J connectivity index is 1.40. The maximum absolute atomic E-state index is 13.0. The van der Waals surface area contributed by atoms with Gasteiger partial charge in [-0.1, -0.05) is 60.7 Å². The summed E-state index contributed by atoms with van der Waals surface area (Å²) in [7, 11) is 0. The van der Waals surface area contributed by atoms with Gasteiger partial charge in [0.2, 0.25) is 0 Å². The van der Waals surface area contributed by atoms with Crippen molar-refractivity contribution in [1.82, 2.24) is 0 Å². The molecular weight excluding hydrogens is 428 g/mol. The quantitative estimate of drug-likeness (QED) is 0.229. The number of hydrogen-bond acceptors (Lipinski definition) is 3. The van der Waals surface area contributed by atoms with E-state index in [1.165, 1.54) is 24.3 Å². The van der Waals surface area contributed by atoms with E-state index in [4.69, 9.17) is 0 Å². The molecule has 170 valence electrons. The lowest BCUT2D eigenvalue weighted by atomic mass is 10.0. The van der Waals surface area contributed by atoms with Crippen molar-refractivity contribution in [3.63, 3.8) is 0 Å². The zero-order valence-corrected chi connectivity index (χ0v) is 19.1. The molecule has 3 nitrogen and oxygen atoms in total. The minimum atomic E-state index is -0.276. The molecule has 0 amide bonds. The summed E-state index contributed by atoms with van der Waals surface area (Å²) in [6.07, 6.45) is 0. The number of hydrazone groups is 1. The van der Waals surface area contributed by atoms with Crippen molar-refractivity contribution in [2.45, 2.75) is 20.4 Å². The van der Waals surface area contributed by atoms with Crippen molar-refractivity contribution in [3.8, 4) is 11.1 Å². The number of nitrogens with one attached hydrogen (secondary N) is 1. The number of hydrogen-bond donors (Lipinski definition) is 1. The largest absolute Gasteiger partial charge is 0.285 e. The van der Waals surface area contributed by atoms with E-state index in [1.807, 2.05) is 26.0 Å². The molecule has 0 aliphatic carbocycles. The standard InChI is InChI=1S/C29H25F2N3/c1-20(32-19-22-3-13-27(30)14-4-22)23-5-9-25(10-6-23)26-11-7-24(8-12-26)21(2)33-34-29-17-15-28(31)16-18-29/h3-18,34H,19H2,1-2H3/b32-20?,33-21+. The average molecular weight is 454 g/mol. The first kappa shape index (κ1) is 23.1. The van der Waals surface area contributed by atoms with Gasteiger partial charge in [0.25, 0.3) is 0 Å². The minimum absolute atomic E-state index is 0.239. The SMILES string of the molecule is CC(=NCc1ccc(F)cc1)c1ccc(-c2ccc(/C(C)=N/Nc3ccc(F)cc3)cc2)cc1. The zero-order chi connectivity index (χ0) is 23.9. The summed E-state index contributed by atoms with van der Waals surface area (Å²) >= 11 is 0. The van der Waals surface area contributed by atoms with Crippen LogP contribution in [-0.2, 0) is 6.54 Å². The highest BCUT2D eigenvalue weighted by molar-refractivity contribution is 6.00. The van der Waals surface area contributed by atoms with Gasteiger partial charge in [0.05, 0.1) is 17.9 Å². The van der Waals surface area contributed by atoms with Crippen molar-refractivity contribution >= 4 is 17.1 Å². The Bertz CT molecular complexity index is 1180. The van der Waals surface area contributed by atoms with Crippen LogP contribution < -0.4 is 5.43 Å². The van der Waals surface area contributed by atoms with Gasteiger partial charge in [-0.25, -0.2) is 8.78 Å². The predicted molar refractivity (Wildman–Crippen MR) is 136 cm³/mol. The molecule has 0 heterocycles. The van der Waals surface area contributed by atoms with E-state index in [1.54, 1.807) is 24.3 Å². The van der Waals surface area contributed by atoms with E-state index in [0.717, 1.165) is 44.9 Å². The lowest BCUT2D eigenvalue weighted by Gasteiger charge is -2.07. The second-order valence-electron chi connectivity index (χ2n) is 8.00. The molecule has 0 radical (unpaired) electrons. The molecule has 0 saturated heterocycles. The smallest absolute Gasteiger partial charge is 0.123 e. The maximum Gasteiger partial charge on any atom is 0.123 e. The number of rotatable bonds is 7. The fraction of sp³-hybridized carbons (Fsp3) is 0.103. The third-order valence-corrected chi connectivity index (χ3v) is 5.55. The second kappa shape index (κ2) is 10.7. The van der Waals surface area contributed by atoms with Crippen LogP contribution in [0.3, 0.4) is 0 Å². The Labute approximate surface area is 198 Å². The number of halogens is 2. The van der Waals surface area contributed by atoms with Gasteiger partial charge in [-0.3, -0.25) is 10.4 Å². The first-order valence-electron chi connectivity index (χ1n) is 11.0. The Morgan fingerprint density at radius 1 is 0.618 bits per heavy atom. The van der Waals surface area contributed by atoms with Gasteiger partial charge in [-0.15, -0.1) is 0 Å². The molecule has 0 atom stereocenters. The summed E-state index contributed by atoms with van der Waals surface area (Å²) in [5, 5.41) is 4.38. The molecule has 4 aromatic carbocycles. The third-order valence-electron chi connectivity index (χ3n) is 5.55. The van der Waals surface area contributed by atoms with E-state index in [9.17, 15) is 8.78 Å². The van der Waals surface area contributed by atoms with Crippen LogP contribution in [0.5, 0.6) is 0 Å². The van der Waals surface area contributed by atoms with Crippen LogP contribution in [0.25, 0.3) is 11.1 Å². The van der Waals surface area contributed by atoms with Crippen molar-refractivity contribution in [1.29, 1.82) is 0 Å². The van der Waals surface area contributed by atoms with Crippen LogP contribution >= 0.6 is 0 Å². The van der Waals surface area contributed by atoms with E-state index in [0.29, 0.717) is 6.54 Å². The summed E-state index contributed by atoms with van der Waals surface area (Å²) in [6.45, 7) is 4.43. The molecule has 0 fully saturated rings. The monoisotopic (exact) mass is 453 g/mol. The van der Waals surface area contributed by atoms with Gasteiger partial charge in [0.15, 0.2) is 0 Å². The molecule has 0 spiro atoms. The zero-order valence-electron chi connectivity index (χ0n) is 19.1. The van der Waals surface area contributed by atoms with Crippen LogP contribution in [0.2, 0.25) is 0 Å². The molecular formula is C29H25F2N3. The predicted octanol–water partition coefficient (Wildman–Crippen LogP) is 7.48. The fourth-order valence-corrected chi connectivity index (χ4v) is 3.44. The van der Waals surface area contributed by atoms with Gasteiger partial charge in [0.1, 0.15) is 11.6 Å². The van der Waals surface area contributed by atoms with Crippen molar-refractivity contribution < 1.29 is 8.78 Å². The molecule has 0 bridgehead atoms. The molecule has 0 aromatic heterocycles. The number of benzene rings is 4. The molecule has 4 rings (SSSR count). The first-order valence-corrected chi connectivity index (χ1v) is 11.0. The molecule has 4 aromatic rings. The summed E-state index contributed by atoms with van der Waals surface area (Å²) < 4.78 is 26.1. The van der Waals surface area contributed by atoms with Crippen molar-refractivity contribution in [2.75, 3.05) is 5.43 Å². The number of anilines is 1. The fourth-order valence-electron chi connectivity index (χ4n) is 3.44. The molecule has 0 saturated carbocycles. The van der Waals surface area contributed by atoms with Crippen LogP contribution in [0.1, 0.15) is 30.5 Å². The molecule has 0 aliphatic heterocycles. The lowest BCUT2D eigenvalue weighted by Crippen LogP contribution is -1.99. The van der Waals surface area contributed by atoms with Crippen LogP contribution in [0.15, 0.2) is 107 Å². The summed E-state index contributed by atoms with van der Waals surface area (Å²) in [6, 6.07) is 29.0. The average Bonchev–Trinajstić information content (AvgIpc) is 2.88. The Hall–Kier alpha value is -4.12. The normalized spacial score (nSPS) is 12.0.